The van der Waals surface area contributed by atoms with E-state index in [1.54, 1.807) is 6.20 Å². The van der Waals surface area contributed by atoms with Crippen molar-refractivity contribution >= 4 is 20.5 Å². The zero-order valence-electron chi connectivity index (χ0n) is 3.94. The number of aromatic nitrogens is 2. The summed E-state index contributed by atoms with van der Waals surface area (Å²) in [5.41, 5.74) is 0. The zero-order chi connectivity index (χ0) is 5.98. The molecule has 0 unspecified atom stereocenters. The molecule has 1 radical (unpaired) electrons. The summed E-state index contributed by atoms with van der Waals surface area (Å²) < 4.78 is 1.40. The van der Waals surface area contributed by atoms with Crippen LogP contribution in [0.3, 0.4) is 0 Å². The van der Waals surface area contributed by atoms with Crippen LogP contribution in [0.15, 0.2) is 18.7 Å². The van der Waals surface area contributed by atoms with Crippen molar-refractivity contribution in [2.45, 2.75) is 0 Å². The maximum absolute atomic E-state index is 10.3. The first-order valence-corrected chi connectivity index (χ1v) is 2.85. The molecule has 1 aromatic heterocycles. The van der Waals surface area contributed by atoms with E-state index < -0.39 is 0 Å². The molecular weight excluding hydrogens is 171 g/mol. The van der Waals surface area contributed by atoms with Gasteiger partial charge in [0.25, 0.3) is 0 Å². The summed E-state index contributed by atoms with van der Waals surface area (Å²) in [6.45, 7) is 0. The van der Waals surface area contributed by atoms with E-state index in [0.29, 0.717) is 4.73 Å². The van der Waals surface area contributed by atoms with E-state index in [-0.39, 0.29) is 0 Å². The first-order valence-electron chi connectivity index (χ1n) is 2.00. The Labute approximate surface area is 54.8 Å². The van der Waals surface area contributed by atoms with Gasteiger partial charge >= 0.3 is 54.1 Å². The van der Waals surface area contributed by atoms with Crippen LogP contribution >= 0.6 is 0 Å². The van der Waals surface area contributed by atoms with Gasteiger partial charge in [-0.15, -0.1) is 0 Å². The molecule has 1 heterocycles. The molecule has 0 aromatic carbocycles. The van der Waals surface area contributed by atoms with Crippen LogP contribution in [0.2, 0.25) is 0 Å². The van der Waals surface area contributed by atoms with Crippen molar-refractivity contribution in [1.29, 1.82) is 0 Å². The summed E-state index contributed by atoms with van der Waals surface area (Å²) in [6.07, 6.45) is 4.18. The van der Waals surface area contributed by atoms with Crippen LogP contribution in [-0.2, 0) is 0 Å². The zero-order valence-corrected chi connectivity index (χ0v) is 5.66. The van der Waals surface area contributed by atoms with Crippen molar-refractivity contribution in [1.82, 2.24) is 4.98 Å². The van der Waals surface area contributed by atoms with Crippen molar-refractivity contribution in [2.75, 3.05) is 0 Å². The molecule has 0 saturated carbocycles. The average molecular weight is 174 g/mol. The predicted molar refractivity (Wildman–Crippen MR) is 28.6 cm³/mol. The first kappa shape index (κ1) is 5.53. The molecule has 0 bridgehead atoms. The SMILES string of the molecule is [O-][n+]1cncc([Se])c1. The fraction of sp³-hybridized carbons (Fsp3) is 0. The van der Waals surface area contributed by atoms with Crippen molar-refractivity contribution < 1.29 is 4.73 Å². The molecule has 0 aliphatic carbocycles. The normalized spacial score (nSPS) is 9.00. The Hall–Kier alpha value is -0.601. The molecule has 0 aliphatic rings. The van der Waals surface area contributed by atoms with Gasteiger partial charge in [0, 0.05) is 0 Å². The average Bonchev–Trinajstić information content (AvgIpc) is 1.64. The van der Waals surface area contributed by atoms with Gasteiger partial charge in [-0.05, 0) is 0 Å². The first-order chi connectivity index (χ1) is 3.79. The Bertz CT molecular complexity index is 174. The van der Waals surface area contributed by atoms with E-state index in [1.807, 2.05) is 0 Å². The second kappa shape index (κ2) is 2.11. The fourth-order valence-corrected chi connectivity index (χ4v) is 0.710. The van der Waals surface area contributed by atoms with Gasteiger partial charge in [-0.2, -0.15) is 0 Å². The standard InChI is InChI=1S/C4H3N2OSe/c7-6-2-4(8)1-5-3-6/h1-3H. The Balaban J connectivity index is 3.08. The predicted octanol–water partition coefficient (Wildman–Crippen LogP) is -1.49. The quantitative estimate of drug-likeness (QED) is 0.273. The Morgan fingerprint density at radius 3 is 2.88 bits per heavy atom. The molecule has 3 nitrogen and oxygen atoms in total. The van der Waals surface area contributed by atoms with Gasteiger partial charge in [0.1, 0.15) is 0 Å². The monoisotopic (exact) mass is 175 g/mol. The Morgan fingerprint density at radius 1 is 1.75 bits per heavy atom. The second-order valence-electron chi connectivity index (χ2n) is 1.28. The fourth-order valence-electron chi connectivity index (χ4n) is 0.365. The van der Waals surface area contributed by atoms with Gasteiger partial charge in [0.2, 0.25) is 0 Å². The van der Waals surface area contributed by atoms with Crippen molar-refractivity contribution in [3.05, 3.63) is 23.9 Å². The van der Waals surface area contributed by atoms with E-state index in [2.05, 4.69) is 21.0 Å². The minimum absolute atomic E-state index is 0.645. The molecule has 41 valence electrons. The van der Waals surface area contributed by atoms with Crippen LogP contribution in [-0.4, -0.2) is 21.0 Å². The van der Waals surface area contributed by atoms with E-state index >= 15 is 0 Å². The molecule has 8 heavy (non-hydrogen) atoms. The summed E-state index contributed by atoms with van der Waals surface area (Å²) in [7, 11) is 0. The van der Waals surface area contributed by atoms with E-state index in [1.165, 1.54) is 12.5 Å². The number of hydrogen-bond acceptors (Lipinski definition) is 2. The van der Waals surface area contributed by atoms with Crippen LogP contribution in [0.5, 0.6) is 0 Å². The molecule has 1 rings (SSSR count). The van der Waals surface area contributed by atoms with Crippen molar-refractivity contribution in [2.24, 2.45) is 0 Å². The van der Waals surface area contributed by atoms with Crippen LogP contribution in [0.25, 0.3) is 0 Å². The van der Waals surface area contributed by atoms with Gasteiger partial charge in [0.15, 0.2) is 0 Å². The molecule has 0 saturated heterocycles. The molecule has 4 heteroatoms. The van der Waals surface area contributed by atoms with E-state index in [9.17, 15) is 5.21 Å². The number of nitrogens with zero attached hydrogens (tertiary/aromatic N) is 2. The second-order valence-corrected chi connectivity index (χ2v) is 2.27. The van der Waals surface area contributed by atoms with Crippen LogP contribution in [0, 0.1) is 5.21 Å². The van der Waals surface area contributed by atoms with E-state index in [0.717, 1.165) is 4.46 Å². The molecule has 0 spiro atoms. The Morgan fingerprint density at radius 2 is 2.50 bits per heavy atom. The topological polar surface area (TPSA) is 39.8 Å². The summed E-state index contributed by atoms with van der Waals surface area (Å²) >= 11 is 2.66. The molecule has 0 N–H and O–H groups in total. The summed E-state index contributed by atoms with van der Waals surface area (Å²) in [5, 5.41) is 10.3. The molecule has 0 fully saturated rings. The van der Waals surface area contributed by atoms with Gasteiger partial charge in [-0.3, -0.25) is 0 Å². The van der Waals surface area contributed by atoms with Gasteiger partial charge < -0.3 is 0 Å². The Kier molecular flexibility index (Phi) is 1.46. The summed E-state index contributed by atoms with van der Waals surface area (Å²) in [6, 6.07) is 0. The van der Waals surface area contributed by atoms with Crippen LogP contribution in [0.1, 0.15) is 0 Å². The van der Waals surface area contributed by atoms with E-state index in [4.69, 9.17) is 0 Å². The molecular formula is C4H3N2OSe. The minimum atomic E-state index is 0.645. The third kappa shape index (κ3) is 1.18. The van der Waals surface area contributed by atoms with Gasteiger partial charge in [0.05, 0.1) is 0 Å². The molecule has 0 amide bonds. The maximum atomic E-state index is 10.3. The van der Waals surface area contributed by atoms with Crippen LogP contribution in [0.4, 0.5) is 0 Å². The van der Waals surface area contributed by atoms with Crippen molar-refractivity contribution in [3.8, 4) is 0 Å². The third-order valence-corrected chi connectivity index (χ3v) is 1.08. The number of rotatable bonds is 0. The van der Waals surface area contributed by atoms with Crippen molar-refractivity contribution in [3.63, 3.8) is 0 Å². The van der Waals surface area contributed by atoms with Gasteiger partial charge in [-0.25, -0.2) is 0 Å². The van der Waals surface area contributed by atoms with Crippen LogP contribution < -0.4 is 9.19 Å². The summed E-state index contributed by atoms with van der Waals surface area (Å²) in [5.74, 6) is 0. The molecule has 0 atom stereocenters. The summed E-state index contributed by atoms with van der Waals surface area (Å²) in [4.78, 5) is 3.60. The number of hydrogen-bond donors (Lipinski definition) is 0. The molecule has 1 aromatic rings. The molecule has 0 aliphatic heterocycles. The van der Waals surface area contributed by atoms with Gasteiger partial charge in [-0.1, -0.05) is 0 Å². The third-order valence-electron chi connectivity index (χ3n) is 0.637.